The molecule has 0 aromatic carbocycles. The molecule has 0 aliphatic heterocycles. The Kier molecular flexibility index (Phi) is 5.19. The number of thiophene rings is 1. The smallest absolute Gasteiger partial charge is 0.235 e. The molecule has 3 heterocycles. The highest BCUT2D eigenvalue weighted by Crippen LogP contribution is 2.36. The minimum Gasteiger partial charge on any atom is -0.325 e. The van der Waals surface area contributed by atoms with E-state index in [1.807, 2.05) is 35.9 Å². The number of anilines is 1. The van der Waals surface area contributed by atoms with Crippen molar-refractivity contribution in [3.63, 3.8) is 0 Å². The number of carbonyl (C=O) groups is 1. The quantitative estimate of drug-likeness (QED) is 0.597. The van der Waals surface area contributed by atoms with Gasteiger partial charge in [-0.15, -0.1) is 16.4 Å². The Morgan fingerprint density at radius 2 is 2.29 bits per heavy atom. The zero-order valence-electron chi connectivity index (χ0n) is 15.5. The fourth-order valence-electron chi connectivity index (χ4n) is 3.01. The minimum atomic E-state index is -0.184. The average Bonchev–Trinajstić information content (AvgIpc) is 3.12. The van der Waals surface area contributed by atoms with E-state index in [9.17, 15) is 10.1 Å². The van der Waals surface area contributed by atoms with Crippen LogP contribution in [-0.2, 0) is 11.3 Å². The average molecular weight is 414 g/mol. The zero-order valence-corrected chi connectivity index (χ0v) is 17.2. The summed E-state index contributed by atoms with van der Waals surface area (Å²) in [4.78, 5) is 13.8. The Labute approximate surface area is 170 Å². The number of nitrogens with zero attached hydrogens (tertiary/aromatic N) is 6. The molecule has 1 aliphatic rings. The van der Waals surface area contributed by atoms with Crippen LogP contribution in [0.15, 0.2) is 22.7 Å². The number of rotatable bonds is 7. The van der Waals surface area contributed by atoms with E-state index >= 15 is 0 Å². The van der Waals surface area contributed by atoms with Crippen molar-refractivity contribution < 1.29 is 4.79 Å². The molecule has 4 rings (SSSR count). The fraction of sp³-hybridized carbons (Fsp3) is 0.389. The van der Waals surface area contributed by atoms with Crippen molar-refractivity contribution in [3.8, 4) is 6.07 Å². The number of thioether (sulfide) groups is 1. The number of nitrogens with one attached hydrogen (secondary N) is 1. The zero-order chi connectivity index (χ0) is 19.7. The van der Waals surface area contributed by atoms with Crippen LogP contribution in [0.3, 0.4) is 0 Å². The third-order valence-corrected chi connectivity index (χ3v) is 6.58. The molecule has 0 radical (unpaired) electrons. The van der Waals surface area contributed by atoms with Crippen molar-refractivity contribution in [2.75, 3.05) is 11.1 Å². The molecule has 1 amide bonds. The highest BCUT2D eigenvalue weighted by Gasteiger charge is 2.28. The molecule has 1 fully saturated rings. The second-order valence-corrected chi connectivity index (χ2v) is 8.66. The molecule has 144 valence electrons. The molecule has 1 N–H and O–H groups in total. The topological polar surface area (TPSA) is 101 Å². The van der Waals surface area contributed by atoms with Gasteiger partial charge in [-0.1, -0.05) is 17.8 Å². The largest absolute Gasteiger partial charge is 0.325 e. The second-order valence-electron chi connectivity index (χ2n) is 6.69. The van der Waals surface area contributed by atoms with E-state index in [0.29, 0.717) is 29.1 Å². The Balaban J connectivity index is 1.51. The third-order valence-electron chi connectivity index (χ3n) is 4.78. The summed E-state index contributed by atoms with van der Waals surface area (Å²) in [6, 6.07) is 6.64. The standard InChI is InChI=1S/C18H19N7OS2/c1-11-12(2)24(9-14-4-3-7-27-14)17(15(11)8-19)20-16(26)10-28-18-21-22-23-25(18)13-5-6-13/h3-4,7,13H,5-6,9-10H2,1-2H3,(H,20,26). The van der Waals surface area contributed by atoms with Gasteiger partial charge < -0.3 is 9.88 Å². The van der Waals surface area contributed by atoms with Crippen LogP contribution in [0.25, 0.3) is 0 Å². The van der Waals surface area contributed by atoms with Crippen molar-refractivity contribution in [1.82, 2.24) is 24.8 Å². The summed E-state index contributed by atoms with van der Waals surface area (Å²) < 4.78 is 3.78. The molecule has 3 aromatic heterocycles. The van der Waals surface area contributed by atoms with Gasteiger partial charge >= 0.3 is 0 Å². The summed E-state index contributed by atoms with van der Waals surface area (Å²) in [6.45, 7) is 4.50. The maximum atomic E-state index is 12.6. The minimum absolute atomic E-state index is 0.181. The first-order valence-corrected chi connectivity index (χ1v) is 10.8. The lowest BCUT2D eigenvalue weighted by molar-refractivity contribution is -0.113. The molecule has 0 saturated heterocycles. The van der Waals surface area contributed by atoms with Crippen LogP contribution in [0.4, 0.5) is 5.82 Å². The van der Waals surface area contributed by atoms with E-state index in [1.54, 1.807) is 16.0 Å². The molecule has 3 aromatic rings. The van der Waals surface area contributed by atoms with Gasteiger partial charge in [-0.3, -0.25) is 4.79 Å². The summed E-state index contributed by atoms with van der Waals surface area (Å²) in [7, 11) is 0. The molecule has 1 aliphatic carbocycles. The van der Waals surface area contributed by atoms with E-state index < -0.39 is 0 Å². The van der Waals surface area contributed by atoms with Gasteiger partial charge in [0.1, 0.15) is 11.9 Å². The molecule has 28 heavy (non-hydrogen) atoms. The number of aromatic nitrogens is 5. The fourth-order valence-corrected chi connectivity index (χ4v) is 4.45. The van der Waals surface area contributed by atoms with Gasteiger partial charge in [0.15, 0.2) is 0 Å². The highest BCUT2D eigenvalue weighted by molar-refractivity contribution is 7.99. The third kappa shape index (κ3) is 3.68. The van der Waals surface area contributed by atoms with Crippen LogP contribution < -0.4 is 5.32 Å². The molecule has 0 unspecified atom stereocenters. The molecule has 10 heteroatoms. The van der Waals surface area contributed by atoms with Crippen molar-refractivity contribution >= 4 is 34.8 Å². The van der Waals surface area contributed by atoms with E-state index in [4.69, 9.17) is 0 Å². The lowest BCUT2D eigenvalue weighted by Gasteiger charge is -2.12. The van der Waals surface area contributed by atoms with Crippen molar-refractivity contribution in [2.45, 2.75) is 44.4 Å². The maximum absolute atomic E-state index is 12.6. The summed E-state index contributed by atoms with van der Waals surface area (Å²) in [5, 5.41) is 26.9. The molecule has 1 saturated carbocycles. The Morgan fingerprint density at radius 3 is 2.96 bits per heavy atom. The first-order valence-electron chi connectivity index (χ1n) is 8.91. The predicted molar refractivity (Wildman–Crippen MR) is 107 cm³/mol. The Morgan fingerprint density at radius 1 is 1.46 bits per heavy atom. The van der Waals surface area contributed by atoms with Crippen LogP contribution >= 0.6 is 23.1 Å². The van der Waals surface area contributed by atoms with Crippen LogP contribution in [0.1, 0.15) is 40.6 Å². The van der Waals surface area contributed by atoms with Gasteiger partial charge in [0.05, 0.1) is 23.9 Å². The summed E-state index contributed by atoms with van der Waals surface area (Å²) >= 11 is 2.96. The molecular weight excluding hydrogens is 394 g/mol. The molecule has 0 atom stereocenters. The van der Waals surface area contributed by atoms with Gasteiger partial charge in [-0.2, -0.15) is 5.26 Å². The van der Waals surface area contributed by atoms with Gasteiger partial charge in [-0.25, -0.2) is 4.68 Å². The van der Waals surface area contributed by atoms with Crippen LogP contribution in [0.5, 0.6) is 0 Å². The molecular formula is C18H19N7OS2. The Bertz CT molecular complexity index is 1040. The second kappa shape index (κ2) is 7.77. The summed E-state index contributed by atoms with van der Waals surface area (Å²) in [5.74, 6) is 0.551. The van der Waals surface area contributed by atoms with Crippen molar-refractivity contribution in [1.29, 1.82) is 5.26 Å². The number of amides is 1. The number of hydrogen-bond donors (Lipinski definition) is 1. The maximum Gasteiger partial charge on any atom is 0.235 e. The number of nitriles is 1. The predicted octanol–water partition coefficient (Wildman–Crippen LogP) is 3.14. The van der Waals surface area contributed by atoms with E-state index in [2.05, 4.69) is 26.9 Å². The van der Waals surface area contributed by atoms with E-state index in [0.717, 1.165) is 29.0 Å². The van der Waals surface area contributed by atoms with Gasteiger partial charge in [0.25, 0.3) is 0 Å². The van der Waals surface area contributed by atoms with Crippen molar-refractivity contribution in [3.05, 3.63) is 39.2 Å². The van der Waals surface area contributed by atoms with E-state index in [-0.39, 0.29) is 11.7 Å². The first kappa shape index (κ1) is 18.7. The van der Waals surface area contributed by atoms with Gasteiger partial charge in [0, 0.05) is 10.6 Å². The van der Waals surface area contributed by atoms with Crippen LogP contribution in [0.2, 0.25) is 0 Å². The SMILES string of the molecule is Cc1c(C#N)c(NC(=O)CSc2nnnn2C2CC2)n(Cc2cccs2)c1C. The van der Waals surface area contributed by atoms with Crippen LogP contribution in [0, 0.1) is 25.2 Å². The lowest BCUT2D eigenvalue weighted by Crippen LogP contribution is -2.18. The first-order chi connectivity index (χ1) is 13.6. The van der Waals surface area contributed by atoms with Gasteiger partial charge in [-0.05, 0) is 54.1 Å². The lowest BCUT2D eigenvalue weighted by atomic mass is 10.2. The number of carbonyl (C=O) groups excluding carboxylic acids is 1. The summed E-state index contributed by atoms with van der Waals surface area (Å²) in [6.07, 6.45) is 2.15. The normalized spacial score (nSPS) is 13.5. The Hall–Kier alpha value is -2.64. The molecule has 0 spiro atoms. The number of hydrogen-bond acceptors (Lipinski definition) is 7. The summed E-state index contributed by atoms with van der Waals surface area (Å²) in [5.41, 5.74) is 2.38. The molecule has 0 bridgehead atoms. The highest BCUT2D eigenvalue weighted by atomic mass is 32.2. The number of tetrazole rings is 1. The molecule has 8 nitrogen and oxygen atoms in total. The van der Waals surface area contributed by atoms with Crippen molar-refractivity contribution in [2.24, 2.45) is 0 Å². The van der Waals surface area contributed by atoms with Crippen LogP contribution in [-0.4, -0.2) is 36.4 Å². The monoisotopic (exact) mass is 413 g/mol. The van der Waals surface area contributed by atoms with Gasteiger partial charge in [0.2, 0.25) is 11.1 Å². The van der Waals surface area contributed by atoms with E-state index in [1.165, 1.54) is 11.8 Å².